The summed E-state index contributed by atoms with van der Waals surface area (Å²) < 4.78 is 10.6. The van der Waals surface area contributed by atoms with Crippen molar-refractivity contribution in [1.82, 2.24) is 4.98 Å². The summed E-state index contributed by atoms with van der Waals surface area (Å²) in [5.41, 5.74) is 3.53. The van der Waals surface area contributed by atoms with Gasteiger partial charge in [-0.3, -0.25) is 0 Å². The average Bonchev–Trinajstić information content (AvgIpc) is 2.68. The summed E-state index contributed by atoms with van der Waals surface area (Å²) in [6.45, 7) is 2.11. The largest absolute Gasteiger partial charge is 0.496 e. The minimum atomic E-state index is -0.375. The van der Waals surface area contributed by atoms with Crippen LogP contribution in [-0.4, -0.2) is 24.7 Å². The van der Waals surface area contributed by atoms with Gasteiger partial charge in [0.25, 0.3) is 0 Å². The molecule has 0 aliphatic carbocycles. The Morgan fingerprint density at radius 1 is 0.960 bits per heavy atom. The highest BCUT2D eigenvalue weighted by Crippen LogP contribution is 2.31. The number of esters is 1. The summed E-state index contributed by atoms with van der Waals surface area (Å²) in [6.07, 6.45) is 0. The molecule has 0 radical (unpaired) electrons. The van der Waals surface area contributed by atoms with Crippen molar-refractivity contribution in [1.29, 1.82) is 0 Å². The lowest BCUT2D eigenvalue weighted by Gasteiger charge is -2.12. The van der Waals surface area contributed by atoms with Crippen LogP contribution in [0.25, 0.3) is 22.5 Å². The zero-order valence-electron chi connectivity index (χ0n) is 14.2. The molecule has 4 nitrogen and oxygen atoms in total. The van der Waals surface area contributed by atoms with Crippen molar-refractivity contribution in [3.8, 4) is 28.3 Å². The summed E-state index contributed by atoms with van der Waals surface area (Å²) in [5.74, 6) is 0.360. The smallest absolute Gasteiger partial charge is 0.340 e. The summed E-state index contributed by atoms with van der Waals surface area (Å²) in [7, 11) is 1.63. The second-order valence-corrected chi connectivity index (χ2v) is 5.38. The number of aromatic nitrogens is 1. The Morgan fingerprint density at radius 3 is 2.40 bits per heavy atom. The molecule has 126 valence electrons. The Bertz CT molecular complexity index is 875. The van der Waals surface area contributed by atoms with Crippen LogP contribution in [0.5, 0.6) is 5.75 Å². The third kappa shape index (κ3) is 3.53. The van der Waals surface area contributed by atoms with E-state index in [0.717, 1.165) is 22.6 Å². The summed E-state index contributed by atoms with van der Waals surface area (Å²) in [6, 6.07) is 20.9. The van der Waals surface area contributed by atoms with Crippen LogP contribution in [0, 0.1) is 0 Å². The zero-order chi connectivity index (χ0) is 17.6. The van der Waals surface area contributed by atoms with Gasteiger partial charge in [0, 0.05) is 11.1 Å². The molecular weight excluding hydrogens is 314 g/mol. The molecule has 0 spiro atoms. The molecule has 25 heavy (non-hydrogen) atoms. The van der Waals surface area contributed by atoms with Crippen LogP contribution in [-0.2, 0) is 4.74 Å². The van der Waals surface area contributed by atoms with Crippen LogP contribution in [0.4, 0.5) is 0 Å². The molecule has 1 aromatic heterocycles. The third-order valence-electron chi connectivity index (χ3n) is 3.82. The van der Waals surface area contributed by atoms with Crippen LogP contribution < -0.4 is 4.74 Å². The second-order valence-electron chi connectivity index (χ2n) is 5.38. The molecule has 0 amide bonds. The number of methoxy groups -OCH3 is 1. The summed E-state index contributed by atoms with van der Waals surface area (Å²) in [4.78, 5) is 17.1. The SMILES string of the molecule is CCOC(=O)c1ccc(-c2ccccc2OC)nc1-c1ccccc1. The molecule has 3 rings (SSSR count). The molecular formula is C21H19NO3. The predicted molar refractivity (Wildman–Crippen MR) is 97.6 cm³/mol. The van der Waals surface area contributed by atoms with E-state index in [0.29, 0.717) is 17.9 Å². The Balaban J connectivity index is 2.16. The van der Waals surface area contributed by atoms with Gasteiger partial charge in [0.15, 0.2) is 0 Å². The number of hydrogen-bond donors (Lipinski definition) is 0. The number of rotatable bonds is 5. The highest BCUT2D eigenvalue weighted by molar-refractivity contribution is 5.96. The van der Waals surface area contributed by atoms with Crippen molar-refractivity contribution in [3.63, 3.8) is 0 Å². The summed E-state index contributed by atoms with van der Waals surface area (Å²) >= 11 is 0. The fourth-order valence-corrected chi connectivity index (χ4v) is 2.66. The van der Waals surface area contributed by atoms with Crippen molar-refractivity contribution in [2.75, 3.05) is 13.7 Å². The maximum atomic E-state index is 12.3. The first-order valence-electron chi connectivity index (χ1n) is 8.11. The zero-order valence-corrected chi connectivity index (χ0v) is 14.2. The lowest BCUT2D eigenvalue weighted by atomic mass is 10.0. The van der Waals surface area contributed by atoms with Gasteiger partial charge in [-0.2, -0.15) is 0 Å². The number of nitrogens with zero attached hydrogens (tertiary/aromatic N) is 1. The third-order valence-corrected chi connectivity index (χ3v) is 3.82. The molecule has 1 heterocycles. The minimum Gasteiger partial charge on any atom is -0.496 e. The van der Waals surface area contributed by atoms with Gasteiger partial charge < -0.3 is 9.47 Å². The van der Waals surface area contributed by atoms with Crippen molar-refractivity contribution in [3.05, 3.63) is 72.3 Å². The Hall–Kier alpha value is -3.14. The van der Waals surface area contributed by atoms with Crippen molar-refractivity contribution in [2.24, 2.45) is 0 Å². The maximum Gasteiger partial charge on any atom is 0.340 e. The van der Waals surface area contributed by atoms with E-state index in [1.165, 1.54) is 0 Å². The van der Waals surface area contributed by atoms with Gasteiger partial charge in [-0.25, -0.2) is 9.78 Å². The van der Waals surface area contributed by atoms with E-state index in [1.54, 1.807) is 20.1 Å². The normalized spacial score (nSPS) is 10.3. The maximum absolute atomic E-state index is 12.3. The molecule has 3 aromatic rings. The first-order valence-corrected chi connectivity index (χ1v) is 8.11. The van der Waals surface area contributed by atoms with Gasteiger partial charge in [0.1, 0.15) is 5.75 Å². The standard InChI is InChI=1S/C21H19NO3/c1-3-25-21(23)17-13-14-18(16-11-7-8-12-19(16)24-2)22-20(17)15-9-5-4-6-10-15/h4-14H,3H2,1-2H3. The molecule has 0 fully saturated rings. The number of ether oxygens (including phenoxy) is 2. The second kappa shape index (κ2) is 7.62. The van der Waals surface area contributed by atoms with Crippen molar-refractivity contribution < 1.29 is 14.3 Å². The van der Waals surface area contributed by atoms with Gasteiger partial charge in [0.2, 0.25) is 0 Å². The lowest BCUT2D eigenvalue weighted by Crippen LogP contribution is -2.08. The van der Waals surface area contributed by atoms with Gasteiger partial charge in [0.05, 0.1) is 30.7 Å². The van der Waals surface area contributed by atoms with Gasteiger partial charge in [-0.1, -0.05) is 42.5 Å². The molecule has 2 aromatic carbocycles. The van der Waals surface area contributed by atoms with Crippen molar-refractivity contribution >= 4 is 5.97 Å². The van der Waals surface area contributed by atoms with Crippen LogP contribution >= 0.6 is 0 Å². The van der Waals surface area contributed by atoms with Gasteiger partial charge >= 0.3 is 5.97 Å². The molecule has 0 aliphatic rings. The van der Waals surface area contributed by atoms with Crippen LogP contribution in [0.3, 0.4) is 0 Å². The first kappa shape index (κ1) is 16.7. The molecule has 0 aliphatic heterocycles. The molecule has 0 N–H and O–H groups in total. The van der Waals surface area contributed by atoms with E-state index >= 15 is 0 Å². The fourth-order valence-electron chi connectivity index (χ4n) is 2.66. The number of carbonyl (C=O) groups is 1. The van der Waals surface area contributed by atoms with E-state index in [4.69, 9.17) is 14.5 Å². The van der Waals surface area contributed by atoms with Crippen LogP contribution in [0.2, 0.25) is 0 Å². The molecule has 0 unspecified atom stereocenters. The Morgan fingerprint density at radius 2 is 1.68 bits per heavy atom. The van der Waals surface area contributed by atoms with Crippen LogP contribution in [0.15, 0.2) is 66.7 Å². The number of carbonyl (C=O) groups excluding carboxylic acids is 1. The van der Waals surface area contributed by atoms with E-state index < -0.39 is 0 Å². The molecule has 0 saturated carbocycles. The topological polar surface area (TPSA) is 48.4 Å². The number of hydrogen-bond acceptors (Lipinski definition) is 4. The molecule has 0 saturated heterocycles. The quantitative estimate of drug-likeness (QED) is 0.640. The van der Waals surface area contributed by atoms with Gasteiger partial charge in [-0.15, -0.1) is 0 Å². The lowest BCUT2D eigenvalue weighted by molar-refractivity contribution is 0.0527. The highest BCUT2D eigenvalue weighted by atomic mass is 16.5. The van der Waals surface area contributed by atoms with E-state index in [9.17, 15) is 4.79 Å². The van der Waals surface area contributed by atoms with E-state index in [1.807, 2.05) is 60.7 Å². The summed E-state index contributed by atoms with van der Waals surface area (Å²) in [5, 5.41) is 0. The Labute approximate surface area is 147 Å². The van der Waals surface area contributed by atoms with Crippen LogP contribution in [0.1, 0.15) is 17.3 Å². The fraction of sp³-hybridized carbons (Fsp3) is 0.143. The Kier molecular flexibility index (Phi) is 5.09. The molecule has 4 heteroatoms. The predicted octanol–water partition coefficient (Wildman–Crippen LogP) is 4.60. The molecule has 0 atom stereocenters. The number of benzene rings is 2. The minimum absolute atomic E-state index is 0.321. The van der Waals surface area contributed by atoms with E-state index in [-0.39, 0.29) is 5.97 Å². The van der Waals surface area contributed by atoms with Gasteiger partial charge in [-0.05, 0) is 31.2 Å². The highest BCUT2D eigenvalue weighted by Gasteiger charge is 2.17. The number of pyridine rings is 1. The van der Waals surface area contributed by atoms with Crippen molar-refractivity contribution in [2.45, 2.75) is 6.92 Å². The molecule has 0 bridgehead atoms. The first-order chi connectivity index (χ1) is 12.2. The average molecular weight is 333 g/mol. The number of para-hydroxylation sites is 1. The monoisotopic (exact) mass is 333 g/mol. The van der Waals surface area contributed by atoms with E-state index in [2.05, 4.69) is 0 Å².